The molecule has 1 heterocycles. The molecule has 0 aromatic heterocycles. The molecular weight excluding hydrogens is 186 g/mol. The molecule has 0 bridgehead atoms. The van der Waals surface area contributed by atoms with Gasteiger partial charge in [0.2, 0.25) is 0 Å². The van der Waals surface area contributed by atoms with Crippen molar-refractivity contribution in [3.63, 3.8) is 0 Å². The summed E-state index contributed by atoms with van der Waals surface area (Å²) in [6.45, 7) is 0. The van der Waals surface area contributed by atoms with Crippen molar-refractivity contribution in [1.82, 2.24) is 0 Å². The Hall–Kier alpha value is 0.857. The van der Waals surface area contributed by atoms with E-state index in [4.69, 9.17) is 0 Å². The average Bonchev–Trinajstić information content (AvgIpc) is 1.76. The molecule has 0 nitrogen and oxygen atoms in total. The molecule has 0 N–H and O–H groups in total. The van der Waals surface area contributed by atoms with Crippen molar-refractivity contribution in [3.05, 3.63) is 10.9 Å². The van der Waals surface area contributed by atoms with Crippen LogP contribution in [0.1, 0.15) is 0 Å². The van der Waals surface area contributed by atoms with Crippen LogP contribution in [-0.2, 0) is 0 Å². The SMILES string of the molecule is [C]1=CC[As]=[As]1. The maximum atomic E-state index is 3.23. The molecule has 0 fully saturated rings. The fraction of sp³-hybridized carbons (Fsp3) is 0.333. The molecule has 0 unspecified atom stereocenters. The summed E-state index contributed by atoms with van der Waals surface area (Å²) in [5.74, 6) is 0. The molecule has 0 spiro atoms. The summed E-state index contributed by atoms with van der Waals surface area (Å²) in [6.07, 6.45) is 2.19. The van der Waals surface area contributed by atoms with Crippen LogP contribution in [0.2, 0.25) is 5.21 Å². The molecule has 1 aliphatic heterocycles. The second-order valence-corrected chi connectivity index (χ2v) is 8.34. The summed E-state index contributed by atoms with van der Waals surface area (Å²) in [5, 5.41) is 1.40. The van der Waals surface area contributed by atoms with Gasteiger partial charge in [-0.3, -0.25) is 0 Å². The Kier molecular flexibility index (Phi) is 1.70. The van der Waals surface area contributed by atoms with E-state index in [-0.39, 0.29) is 0 Å². The van der Waals surface area contributed by atoms with Crippen LogP contribution in [0.15, 0.2) is 6.08 Å². The monoisotopic (exact) mass is 189 g/mol. The van der Waals surface area contributed by atoms with Crippen molar-refractivity contribution < 1.29 is 0 Å². The number of hydrogen-bond acceptors (Lipinski definition) is 0. The van der Waals surface area contributed by atoms with Crippen molar-refractivity contribution in [2.45, 2.75) is 5.21 Å². The van der Waals surface area contributed by atoms with E-state index in [2.05, 4.69) is 10.9 Å². The summed E-state index contributed by atoms with van der Waals surface area (Å²) in [4.78, 5) is 3.23. The van der Waals surface area contributed by atoms with Crippen molar-refractivity contribution in [2.24, 2.45) is 0 Å². The summed E-state index contributed by atoms with van der Waals surface area (Å²) in [5.41, 5.74) is 0. The van der Waals surface area contributed by atoms with E-state index in [0.29, 0.717) is 13.1 Å². The first-order valence-corrected chi connectivity index (χ1v) is 8.90. The van der Waals surface area contributed by atoms with Crippen LogP contribution in [0.3, 0.4) is 0 Å². The van der Waals surface area contributed by atoms with E-state index in [1.165, 1.54) is 5.21 Å². The van der Waals surface area contributed by atoms with E-state index in [1.54, 1.807) is 0 Å². The Morgan fingerprint density at radius 1 is 1.80 bits per heavy atom. The van der Waals surface area contributed by atoms with E-state index < -0.39 is 0 Å². The maximum absolute atomic E-state index is 3.23. The van der Waals surface area contributed by atoms with E-state index >= 15 is 0 Å². The quantitative estimate of drug-likeness (QED) is 0.472. The van der Waals surface area contributed by atoms with Gasteiger partial charge < -0.3 is 0 Å². The zero-order valence-electron chi connectivity index (χ0n) is 2.68. The van der Waals surface area contributed by atoms with Crippen LogP contribution in [0.25, 0.3) is 0 Å². The van der Waals surface area contributed by atoms with Crippen LogP contribution in [0, 0.1) is 4.86 Å². The van der Waals surface area contributed by atoms with Gasteiger partial charge in [0.15, 0.2) is 0 Å². The minimum atomic E-state index is 0.642. The molecule has 0 aromatic carbocycles. The van der Waals surface area contributed by atoms with Crippen molar-refractivity contribution in [1.29, 1.82) is 0 Å². The summed E-state index contributed by atoms with van der Waals surface area (Å²) < 4.78 is 0. The summed E-state index contributed by atoms with van der Waals surface area (Å²) in [7, 11) is 0. The molecule has 0 amide bonds. The third-order valence-electron chi connectivity index (χ3n) is 0.393. The van der Waals surface area contributed by atoms with E-state index in [9.17, 15) is 0 Å². The molecule has 5 heavy (non-hydrogen) atoms. The standard InChI is InChI=1S/C3H3As2/c1-2-4-5-3-1/h1H,2H2. The number of hydrogen-bond donors (Lipinski definition) is 0. The molecule has 1 aliphatic rings. The Morgan fingerprint density at radius 2 is 2.80 bits per heavy atom. The zero-order valence-corrected chi connectivity index (χ0v) is 6.43. The molecular formula is C3H3As2. The fourth-order valence-corrected chi connectivity index (χ4v) is 5.51. The van der Waals surface area contributed by atoms with Gasteiger partial charge in [-0.05, 0) is 0 Å². The number of allylic oxidation sites excluding steroid dienone is 1. The Labute approximate surface area is 42.6 Å². The van der Waals surface area contributed by atoms with E-state index in [1.807, 2.05) is 0 Å². The van der Waals surface area contributed by atoms with Crippen molar-refractivity contribution in [2.75, 3.05) is 0 Å². The summed E-state index contributed by atoms with van der Waals surface area (Å²) >= 11 is 1.42. The predicted octanol–water partition coefficient (Wildman–Crippen LogP) is 0.0586. The van der Waals surface area contributed by atoms with Gasteiger partial charge in [0, 0.05) is 0 Å². The van der Waals surface area contributed by atoms with Gasteiger partial charge in [0.05, 0.1) is 0 Å². The predicted molar refractivity (Wildman–Crippen MR) is 24.1 cm³/mol. The van der Waals surface area contributed by atoms with Gasteiger partial charge in [-0.1, -0.05) is 0 Å². The van der Waals surface area contributed by atoms with Crippen molar-refractivity contribution in [3.8, 4) is 0 Å². The average molecular weight is 189 g/mol. The second kappa shape index (κ2) is 2.11. The molecule has 0 aliphatic carbocycles. The molecule has 0 atom stereocenters. The first kappa shape index (κ1) is 4.03. The van der Waals surface area contributed by atoms with Gasteiger partial charge in [-0.25, -0.2) is 0 Å². The summed E-state index contributed by atoms with van der Waals surface area (Å²) in [6, 6.07) is 0. The van der Waals surface area contributed by atoms with Gasteiger partial charge in [0.25, 0.3) is 0 Å². The van der Waals surface area contributed by atoms with Gasteiger partial charge in [-0.15, -0.1) is 0 Å². The van der Waals surface area contributed by atoms with E-state index in [0.717, 1.165) is 13.1 Å². The third kappa shape index (κ3) is 1.16. The topological polar surface area (TPSA) is 0 Å². The van der Waals surface area contributed by atoms with Gasteiger partial charge in [0.1, 0.15) is 0 Å². The first-order valence-electron chi connectivity index (χ1n) is 1.44. The normalized spacial score (nSPS) is 24.0. The first-order chi connectivity index (χ1) is 2.50. The van der Waals surface area contributed by atoms with Crippen molar-refractivity contribution >= 4 is 26.3 Å². The second-order valence-electron chi connectivity index (χ2n) is 0.757. The Morgan fingerprint density at radius 3 is 3.00 bits per heavy atom. The van der Waals surface area contributed by atoms with Crippen LogP contribution in [-0.4, -0.2) is 26.3 Å². The molecule has 25 valence electrons. The van der Waals surface area contributed by atoms with Crippen LogP contribution in [0.5, 0.6) is 0 Å². The Bertz CT molecular complexity index is 63.0. The fourth-order valence-electron chi connectivity index (χ4n) is 0.204. The molecule has 0 aromatic rings. The van der Waals surface area contributed by atoms with Gasteiger partial charge in [-0.2, -0.15) is 0 Å². The van der Waals surface area contributed by atoms with Gasteiger partial charge >= 0.3 is 42.4 Å². The Balaban J connectivity index is 2.61. The number of rotatable bonds is 0. The minimum absolute atomic E-state index is 0.642. The molecule has 1 radical (unpaired) electrons. The molecule has 0 saturated carbocycles. The van der Waals surface area contributed by atoms with Crippen LogP contribution >= 0.6 is 0 Å². The van der Waals surface area contributed by atoms with Crippen LogP contribution in [0.4, 0.5) is 0 Å². The van der Waals surface area contributed by atoms with Crippen LogP contribution < -0.4 is 0 Å². The molecule has 2 heteroatoms. The third-order valence-corrected chi connectivity index (χ3v) is 6.62. The molecule has 0 saturated heterocycles. The molecule has 1 rings (SSSR count). The zero-order chi connectivity index (χ0) is 3.54.